The average Bonchev–Trinajstić information content (AvgIpc) is 2.93. The number of ether oxygens (including phenoxy) is 4. The van der Waals surface area contributed by atoms with Crippen LogP contribution in [0, 0.1) is 0 Å². The Morgan fingerprint density at radius 3 is 1.73 bits per heavy atom. The van der Waals surface area contributed by atoms with E-state index in [0.717, 1.165) is 38.7 Å². The lowest BCUT2D eigenvalue weighted by Gasteiger charge is -2.41. The summed E-state index contributed by atoms with van der Waals surface area (Å²) in [5, 5.41) is 12.2. The minimum atomic E-state index is -1.29. The molecule has 0 aliphatic carbocycles. The molecule has 196 valence electrons. The molecule has 1 fully saturated rings. The highest BCUT2D eigenvalue weighted by Crippen LogP contribution is 2.39. The summed E-state index contributed by atoms with van der Waals surface area (Å²) in [5.74, 6) is -0.0229. The van der Waals surface area contributed by atoms with Crippen LogP contribution in [-0.4, -0.2) is 36.8 Å². The molecule has 3 aromatic rings. The second kappa shape index (κ2) is 12.3. The van der Waals surface area contributed by atoms with E-state index in [2.05, 4.69) is 6.58 Å². The summed E-state index contributed by atoms with van der Waals surface area (Å²) in [6.07, 6.45) is 6.19. The SMILES string of the molecule is C=C1OC(CCCOc2ccc(C(O)(c3ccc(SC)cc3)c3ccc(SC)cc3)cc2)(OCCC)O1. The van der Waals surface area contributed by atoms with Gasteiger partial charge in [-0.1, -0.05) is 43.3 Å². The van der Waals surface area contributed by atoms with Gasteiger partial charge in [-0.15, -0.1) is 23.5 Å². The predicted octanol–water partition coefficient (Wildman–Crippen LogP) is 7.17. The van der Waals surface area contributed by atoms with E-state index in [1.165, 1.54) is 0 Å². The molecule has 1 saturated heterocycles. The Kier molecular flexibility index (Phi) is 9.13. The number of benzene rings is 3. The van der Waals surface area contributed by atoms with E-state index in [4.69, 9.17) is 18.9 Å². The van der Waals surface area contributed by atoms with Gasteiger partial charge in [-0.25, -0.2) is 0 Å². The van der Waals surface area contributed by atoms with Gasteiger partial charge in [0.25, 0.3) is 5.95 Å². The maximum atomic E-state index is 12.2. The molecule has 0 saturated carbocycles. The van der Waals surface area contributed by atoms with Crippen LogP contribution in [0.25, 0.3) is 0 Å². The van der Waals surface area contributed by atoms with Crippen molar-refractivity contribution in [1.82, 2.24) is 0 Å². The highest BCUT2D eigenvalue weighted by atomic mass is 32.2. The Morgan fingerprint density at radius 1 is 0.811 bits per heavy atom. The Morgan fingerprint density at radius 2 is 1.30 bits per heavy atom. The first-order valence-corrected chi connectivity index (χ1v) is 14.8. The molecule has 0 unspecified atom stereocenters. The summed E-state index contributed by atoms with van der Waals surface area (Å²) in [7, 11) is 0. The Balaban J connectivity index is 1.47. The molecule has 0 spiro atoms. The zero-order valence-electron chi connectivity index (χ0n) is 21.6. The predicted molar refractivity (Wildman–Crippen MR) is 150 cm³/mol. The summed E-state index contributed by atoms with van der Waals surface area (Å²) < 4.78 is 22.7. The lowest BCUT2D eigenvalue weighted by molar-refractivity contribution is -0.455. The minimum Gasteiger partial charge on any atom is -0.494 e. The molecule has 0 radical (unpaired) electrons. The maximum Gasteiger partial charge on any atom is 0.376 e. The highest BCUT2D eigenvalue weighted by Gasteiger charge is 2.46. The molecule has 4 rings (SSSR count). The zero-order chi connectivity index (χ0) is 26.3. The summed E-state index contributed by atoms with van der Waals surface area (Å²) in [6.45, 7) is 6.72. The maximum absolute atomic E-state index is 12.2. The first-order valence-electron chi connectivity index (χ1n) is 12.4. The van der Waals surface area contributed by atoms with E-state index in [-0.39, 0.29) is 5.95 Å². The van der Waals surface area contributed by atoms with E-state index in [9.17, 15) is 5.11 Å². The normalized spacial score (nSPS) is 14.4. The van der Waals surface area contributed by atoms with Crippen molar-refractivity contribution in [3.8, 4) is 5.75 Å². The van der Waals surface area contributed by atoms with Crippen molar-refractivity contribution >= 4 is 23.5 Å². The van der Waals surface area contributed by atoms with Crippen LogP contribution in [0.1, 0.15) is 42.9 Å². The van der Waals surface area contributed by atoms with E-state index in [0.29, 0.717) is 26.1 Å². The van der Waals surface area contributed by atoms with Crippen molar-refractivity contribution in [2.75, 3.05) is 25.7 Å². The fourth-order valence-electron chi connectivity index (χ4n) is 4.28. The van der Waals surface area contributed by atoms with Crippen molar-refractivity contribution in [3.05, 3.63) is 102 Å². The average molecular weight is 539 g/mol. The Labute approximate surface area is 228 Å². The third-order valence-electron chi connectivity index (χ3n) is 6.25. The van der Waals surface area contributed by atoms with Crippen LogP contribution in [0.3, 0.4) is 0 Å². The third-order valence-corrected chi connectivity index (χ3v) is 7.74. The first-order chi connectivity index (χ1) is 17.9. The van der Waals surface area contributed by atoms with E-state index >= 15 is 0 Å². The van der Waals surface area contributed by atoms with Crippen molar-refractivity contribution in [2.45, 2.75) is 47.6 Å². The van der Waals surface area contributed by atoms with Gasteiger partial charge in [0.15, 0.2) is 0 Å². The zero-order valence-corrected chi connectivity index (χ0v) is 23.2. The van der Waals surface area contributed by atoms with Crippen LogP contribution >= 0.6 is 23.5 Å². The fourth-order valence-corrected chi connectivity index (χ4v) is 5.10. The molecule has 1 heterocycles. The molecule has 0 bridgehead atoms. The minimum absolute atomic E-state index is 0.284. The van der Waals surface area contributed by atoms with Crippen molar-refractivity contribution in [1.29, 1.82) is 0 Å². The molecule has 1 aliphatic rings. The van der Waals surface area contributed by atoms with Crippen LogP contribution < -0.4 is 4.74 Å². The standard InChI is InChI=1S/C30H34O5S2/c1-5-20-33-29(34-22(2)35-29)19-6-21-32-26-13-7-23(8-14-26)30(31,24-9-15-27(36-3)16-10-24)25-11-17-28(37-4)18-12-25/h7-18,31H,2,5-6,19-21H2,1,3-4H3. The van der Waals surface area contributed by atoms with Gasteiger partial charge in [0.05, 0.1) is 19.6 Å². The Hall–Kier alpha value is -2.58. The monoisotopic (exact) mass is 538 g/mol. The lowest BCUT2D eigenvalue weighted by Crippen LogP contribution is -2.47. The second-order valence-corrected chi connectivity index (χ2v) is 10.5. The molecule has 0 aromatic heterocycles. The van der Waals surface area contributed by atoms with Gasteiger partial charge in [0.1, 0.15) is 11.4 Å². The molecule has 1 N–H and O–H groups in total. The number of hydrogen-bond donors (Lipinski definition) is 1. The van der Waals surface area contributed by atoms with Crippen LogP contribution in [0.5, 0.6) is 5.75 Å². The summed E-state index contributed by atoms with van der Waals surface area (Å²) in [6, 6.07) is 23.8. The van der Waals surface area contributed by atoms with Crippen LogP contribution in [0.15, 0.2) is 95.1 Å². The molecular formula is C30H34O5S2. The van der Waals surface area contributed by atoms with E-state index in [1.807, 2.05) is 92.2 Å². The van der Waals surface area contributed by atoms with E-state index in [1.54, 1.807) is 23.5 Å². The number of rotatable bonds is 13. The summed E-state index contributed by atoms with van der Waals surface area (Å²) in [5.41, 5.74) is 1.11. The van der Waals surface area contributed by atoms with Crippen molar-refractivity contribution in [3.63, 3.8) is 0 Å². The van der Waals surface area contributed by atoms with Crippen LogP contribution in [-0.2, 0) is 19.8 Å². The molecule has 1 aliphatic heterocycles. The van der Waals surface area contributed by atoms with E-state index < -0.39 is 11.6 Å². The van der Waals surface area contributed by atoms with Gasteiger partial charge in [0.2, 0.25) is 0 Å². The second-order valence-electron chi connectivity index (χ2n) is 8.75. The molecule has 0 atom stereocenters. The fraction of sp³-hybridized carbons (Fsp3) is 0.333. The lowest BCUT2D eigenvalue weighted by atomic mass is 9.80. The molecule has 7 heteroatoms. The van der Waals surface area contributed by atoms with Gasteiger partial charge in [-0.3, -0.25) is 0 Å². The highest BCUT2D eigenvalue weighted by molar-refractivity contribution is 7.98. The van der Waals surface area contributed by atoms with Gasteiger partial charge >= 0.3 is 5.97 Å². The summed E-state index contributed by atoms with van der Waals surface area (Å²) >= 11 is 3.36. The quantitative estimate of drug-likeness (QED) is 0.141. The number of aliphatic hydroxyl groups is 1. The van der Waals surface area contributed by atoms with Crippen LogP contribution in [0.4, 0.5) is 0 Å². The van der Waals surface area contributed by atoms with Gasteiger partial charge < -0.3 is 24.1 Å². The smallest absolute Gasteiger partial charge is 0.376 e. The molecule has 3 aromatic carbocycles. The molecule has 0 amide bonds. The topological polar surface area (TPSA) is 57.2 Å². The van der Waals surface area contributed by atoms with Crippen molar-refractivity contribution in [2.24, 2.45) is 0 Å². The Bertz CT molecular complexity index is 1100. The largest absolute Gasteiger partial charge is 0.494 e. The third kappa shape index (κ3) is 6.29. The summed E-state index contributed by atoms with van der Waals surface area (Å²) in [4.78, 5) is 2.30. The van der Waals surface area contributed by atoms with Crippen molar-refractivity contribution < 1.29 is 24.1 Å². The van der Waals surface area contributed by atoms with Gasteiger partial charge in [-0.05, 0) is 85.0 Å². The van der Waals surface area contributed by atoms with Gasteiger partial charge in [0, 0.05) is 9.79 Å². The van der Waals surface area contributed by atoms with Crippen LogP contribution in [0.2, 0.25) is 0 Å². The van der Waals surface area contributed by atoms with Gasteiger partial charge in [-0.2, -0.15) is 0 Å². The molecular weight excluding hydrogens is 504 g/mol. The molecule has 37 heavy (non-hydrogen) atoms. The number of thioether (sulfide) groups is 2. The number of hydrogen-bond acceptors (Lipinski definition) is 7. The molecule has 5 nitrogen and oxygen atoms in total. The first kappa shape index (κ1) is 27.5.